The van der Waals surface area contributed by atoms with Crippen molar-refractivity contribution in [2.75, 3.05) is 0 Å². The highest BCUT2D eigenvalue weighted by Gasteiger charge is 2.16. The van der Waals surface area contributed by atoms with E-state index in [0.717, 1.165) is 12.1 Å². The van der Waals surface area contributed by atoms with E-state index in [4.69, 9.17) is 0 Å². The summed E-state index contributed by atoms with van der Waals surface area (Å²) in [7, 11) is 0. The molecule has 0 spiro atoms. The molecule has 1 heterocycles. The molecule has 0 radical (unpaired) electrons. The monoisotopic (exact) mass is 394 g/mol. The Morgan fingerprint density at radius 2 is 1.75 bits per heavy atom. The first kappa shape index (κ1) is 15.0. The lowest BCUT2D eigenvalue weighted by Gasteiger charge is -2.10. The second kappa shape index (κ2) is 5.55. The quantitative estimate of drug-likeness (QED) is 0.626. The van der Waals surface area contributed by atoms with Gasteiger partial charge >= 0.3 is 0 Å². The normalized spacial score (nSPS) is 11.2. The fourth-order valence-corrected chi connectivity index (χ4v) is 2.57. The molecular formula is C13H10F3IN2O. The highest BCUT2D eigenvalue weighted by molar-refractivity contribution is 14.1. The molecule has 20 heavy (non-hydrogen) atoms. The van der Waals surface area contributed by atoms with E-state index < -0.39 is 23.0 Å². The van der Waals surface area contributed by atoms with Crippen molar-refractivity contribution in [1.29, 1.82) is 0 Å². The first-order valence-electron chi connectivity index (χ1n) is 5.76. The van der Waals surface area contributed by atoms with Gasteiger partial charge in [-0.1, -0.05) is 13.8 Å². The molecule has 0 fully saturated rings. The molecule has 0 saturated carbocycles. The molecule has 0 unspecified atom stereocenters. The van der Waals surface area contributed by atoms with E-state index in [2.05, 4.69) is 9.97 Å². The number of rotatable bonds is 2. The smallest absolute Gasteiger partial charge is 0.264 e. The van der Waals surface area contributed by atoms with E-state index in [-0.39, 0.29) is 17.3 Å². The first-order chi connectivity index (χ1) is 9.31. The van der Waals surface area contributed by atoms with Crippen molar-refractivity contribution in [2.24, 2.45) is 0 Å². The average molecular weight is 394 g/mol. The van der Waals surface area contributed by atoms with Crippen LogP contribution in [0.1, 0.15) is 25.5 Å². The number of aromatic amines is 1. The van der Waals surface area contributed by atoms with Crippen LogP contribution in [0.3, 0.4) is 0 Å². The molecule has 2 aromatic rings. The molecule has 0 aliphatic rings. The third-order valence-corrected chi connectivity index (χ3v) is 3.74. The van der Waals surface area contributed by atoms with Gasteiger partial charge < -0.3 is 4.98 Å². The maximum absolute atomic E-state index is 13.2. The fraction of sp³-hybridized carbons (Fsp3) is 0.231. The summed E-state index contributed by atoms with van der Waals surface area (Å²) in [5.41, 5.74) is 0.107. The largest absolute Gasteiger partial charge is 0.306 e. The van der Waals surface area contributed by atoms with Crippen LogP contribution in [0.15, 0.2) is 16.9 Å². The van der Waals surface area contributed by atoms with Crippen LogP contribution in [0.25, 0.3) is 11.4 Å². The molecule has 1 aromatic carbocycles. The summed E-state index contributed by atoms with van der Waals surface area (Å²) in [6.45, 7) is 3.69. The molecule has 0 aliphatic carbocycles. The Morgan fingerprint density at radius 1 is 1.20 bits per heavy atom. The van der Waals surface area contributed by atoms with Gasteiger partial charge in [0.15, 0.2) is 17.5 Å². The van der Waals surface area contributed by atoms with Gasteiger partial charge in [0.05, 0.1) is 9.26 Å². The van der Waals surface area contributed by atoms with Crippen LogP contribution in [0.5, 0.6) is 0 Å². The van der Waals surface area contributed by atoms with Crippen LogP contribution >= 0.6 is 22.6 Å². The van der Waals surface area contributed by atoms with Crippen LogP contribution in [0.4, 0.5) is 13.2 Å². The van der Waals surface area contributed by atoms with Gasteiger partial charge in [-0.3, -0.25) is 4.79 Å². The molecule has 1 aromatic heterocycles. The van der Waals surface area contributed by atoms with Crippen molar-refractivity contribution in [2.45, 2.75) is 19.8 Å². The standard InChI is InChI=1S/C13H10F3IN2O/c1-5(2)11-10(17)13(20)19-12(18-11)6-3-7(14)9(16)8(15)4-6/h3-5H,1-2H3,(H,18,19,20). The van der Waals surface area contributed by atoms with Gasteiger partial charge in [0, 0.05) is 5.56 Å². The summed E-state index contributed by atoms with van der Waals surface area (Å²) >= 11 is 1.86. The maximum Gasteiger partial charge on any atom is 0.264 e. The Morgan fingerprint density at radius 3 is 2.25 bits per heavy atom. The van der Waals surface area contributed by atoms with E-state index in [1.165, 1.54) is 0 Å². The third kappa shape index (κ3) is 2.72. The Balaban J connectivity index is 2.68. The molecule has 0 aliphatic heterocycles. The van der Waals surface area contributed by atoms with Gasteiger partial charge in [-0.2, -0.15) is 0 Å². The van der Waals surface area contributed by atoms with Crippen molar-refractivity contribution < 1.29 is 13.2 Å². The summed E-state index contributed by atoms with van der Waals surface area (Å²) in [4.78, 5) is 18.4. The van der Waals surface area contributed by atoms with E-state index >= 15 is 0 Å². The zero-order valence-electron chi connectivity index (χ0n) is 10.6. The highest BCUT2D eigenvalue weighted by atomic mass is 127. The number of nitrogens with one attached hydrogen (secondary N) is 1. The molecule has 3 nitrogen and oxygen atoms in total. The van der Waals surface area contributed by atoms with Gasteiger partial charge in [0.1, 0.15) is 5.82 Å². The van der Waals surface area contributed by atoms with Crippen molar-refractivity contribution in [3.05, 3.63) is 49.2 Å². The molecule has 1 N–H and O–H groups in total. The summed E-state index contributed by atoms with van der Waals surface area (Å²) in [5, 5.41) is 0. The average Bonchev–Trinajstić information content (AvgIpc) is 2.38. The predicted molar refractivity (Wildman–Crippen MR) is 77.0 cm³/mol. The van der Waals surface area contributed by atoms with E-state index in [0.29, 0.717) is 9.26 Å². The minimum atomic E-state index is -1.55. The Kier molecular flexibility index (Phi) is 4.17. The molecule has 2 rings (SSSR count). The highest BCUT2D eigenvalue weighted by Crippen LogP contribution is 2.23. The lowest BCUT2D eigenvalue weighted by atomic mass is 10.1. The van der Waals surface area contributed by atoms with E-state index in [1.54, 1.807) is 0 Å². The number of H-pyrrole nitrogens is 1. The van der Waals surface area contributed by atoms with Crippen molar-refractivity contribution in [3.63, 3.8) is 0 Å². The van der Waals surface area contributed by atoms with Crippen LogP contribution < -0.4 is 5.56 Å². The number of aromatic nitrogens is 2. The molecule has 0 atom stereocenters. The first-order valence-corrected chi connectivity index (χ1v) is 6.83. The van der Waals surface area contributed by atoms with Gasteiger partial charge in [0.25, 0.3) is 5.56 Å². The minimum Gasteiger partial charge on any atom is -0.306 e. The number of hydrogen-bond acceptors (Lipinski definition) is 2. The molecule has 0 bridgehead atoms. The predicted octanol–water partition coefficient (Wildman–Crippen LogP) is 3.58. The van der Waals surface area contributed by atoms with Crippen molar-refractivity contribution in [3.8, 4) is 11.4 Å². The zero-order valence-corrected chi connectivity index (χ0v) is 12.8. The lowest BCUT2D eigenvalue weighted by molar-refractivity contribution is 0.447. The fourth-order valence-electron chi connectivity index (χ4n) is 1.69. The van der Waals surface area contributed by atoms with Gasteiger partial charge in [-0.05, 0) is 40.6 Å². The number of nitrogens with zero attached hydrogens (tertiary/aromatic N) is 1. The van der Waals surface area contributed by atoms with Crippen LogP contribution in [-0.4, -0.2) is 9.97 Å². The lowest BCUT2D eigenvalue weighted by Crippen LogP contribution is -2.17. The topological polar surface area (TPSA) is 45.8 Å². The Hall–Kier alpha value is -1.38. The molecule has 0 amide bonds. The van der Waals surface area contributed by atoms with Crippen LogP contribution in [-0.2, 0) is 0 Å². The second-order valence-electron chi connectivity index (χ2n) is 4.52. The zero-order chi connectivity index (χ0) is 15.0. The van der Waals surface area contributed by atoms with Gasteiger partial charge in [0.2, 0.25) is 0 Å². The van der Waals surface area contributed by atoms with Gasteiger partial charge in [-0.25, -0.2) is 18.2 Å². The minimum absolute atomic E-state index is 0.0110. The Labute approximate surface area is 126 Å². The molecular weight excluding hydrogens is 384 g/mol. The van der Waals surface area contributed by atoms with E-state index in [9.17, 15) is 18.0 Å². The van der Waals surface area contributed by atoms with Crippen LogP contribution in [0, 0.1) is 21.0 Å². The number of hydrogen-bond donors (Lipinski definition) is 1. The SMILES string of the molecule is CC(C)c1nc(-c2cc(F)c(F)c(F)c2)[nH]c(=O)c1I. The molecule has 0 saturated heterocycles. The van der Waals surface area contributed by atoms with Crippen molar-refractivity contribution in [1.82, 2.24) is 9.97 Å². The van der Waals surface area contributed by atoms with Gasteiger partial charge in [-0.15, -0.1) is 0 Å². The number of benzene rings is 1. The summed E-state index contributed by atoms with van der Waals surface area (Å²) in [6, 6.07) is 1.60. The second-order valence-corrected chi connectivity index (χ2v) is 5.60. The summed E-state index contributed by atoms with van der Waals surface area (Å²) in [6.07, 6.45) is 0. The summed E-state index contributed by atoms with van der Waals surface area (Å²) in [5.74, 6) is -4.22. The Bertz CT molecular complexity index is 705. The van der Waals surface area contributed by atoms with Crippen molar-refractivity contribution >= 4 is 22.6 Å². The molecule has 7 heteroatoms. The molecule has 106 valence electrons. The third-order valence-electron chi connectivity index (χ3n) is 2.69. The van der Waals surface area contributed by atoms with Crippen LogP contribution in [0.2, 0.25) is 0 Å². The maximum atomic E-state index is 13.2. The summed E-state index contributed by atoms with van der Waals surface area (Å²) < 4.78 is 39.8. The number of halogens is 4. The van der Waals surface area contributed by atoms with E-state index in [1.807, 2.05) is 36.4 Å².